The fourth-order valence-electron chi connectivity index (χ4n) is 13.9. The number of rotatable bonds is 8. The highest BCUT2D eigenvalue weighted by molar-refractivity contribution is 6.31. The maximum Gasteiger partial charge on any atom is 0.329 e. The highest BCUT2D eigenvalue weighted by atomic mass is 35.5. The topological polar surface area (TPSA) is 170 Å². The molecular formula is C53H62Cl2FN9O6. The zero-order chi connectivity index (χ0) is 49.3. The Morgan fingerprint density at radius 2 is 1.56 bits per heavy atom. The molecule has 5 aliphatic heterocycles. The highest BCUT2D eigenvalue weighted by Crippen LogP contribution is 2.63. The summed E-state index contributed by atoms with van der Waals surface area (Å²) in [5, 5.41) is 12.9. The largest absolute Gasteiger partial charge is 0.369 e. The van der Waals surface area contributed by atoms with Crippen LogP contribution in [0.4, 0.5) is 15.8 Å². The molecule has 4 atom stereocenters. The van der Waals surface area contributed by atoms with Crippen LogP contribution in [-0.4, -0.2) is 112 Å². The first-order valence-electron chi connectivity index (χ1n) is 25.7. The molecule has 2 saturated carbocycles. The molecule has 15 nitrogen and oxygen atoms in total. The maximum atomic E-state index is 16.4. The smallest absolute Gasteiger partial charge is 0.329 e. The number of anilines is 2. The predicted octanol–water partition coefficient (Wildman–Crippen LogP) is 6.15. The molecule has 1 unspecified atom stereocenters. The van der Waals surface area contributed by atoms with Crippen molar-refractivity contribution in [1.82, 2.24) is 34.9 Å². The van der Waals surface area contributed by atoms with Crippen LogP contribution in [0.5, 0.6) is 0 Å². The van der Waals surface area contributed by atoms with E-state index in [1.165, 1.54) is 10.6 Å². The number of amides is 5. The van der Waals surface area contributed by atoms with E-state index in [0.29, 0.717) is 72.7 Å². The third kappa shape index (κ3) is 8.24. The van der Waals surface area contributed by atoms with Crippen molar-refractivity contribution in [2.45, 2.75) is 118 Å². The molecule has 0 radical (unpaired) electrons. The summed E-state index contributed by atoms with van der Waals surface area (Å²) in [4.78, 5) is 88.1. The Hall–Kier alpha value is -5.29. The minimum atomic E-state index is -1.30. The van der Waals surface area contributed by atoms with Crippen LogP contribution < -0.4 is 31.9 Å². The second kappa shape index (κ2) is 19.0. The lowest BCUT2D eigenvalue weighted by Crippen LogP contribution is -2.60. The third-order valence-corrected chi connectivity index (χ3v) is 18.0. The van der Waals surface area contributed by atoms with Gasteiger partial charge >= 0.3 is 5.69 Å². The van der Waals surface area contributed by atoms with Crippen molar-refractivity contribution in [3.63, 3.8) is 0 Å². The minimum absolute atomic E-state index is 0.0652. The Morgan fingerprint density at radius 1 is 0.817 bits per heavy atom. The number of hydrogen-bond acceptors (Lipinski definition) is 9. The summed E-state index contributed by atoms with van der Waals surface area (Å²) in [5.74, 6) is -2.25. The van der Waals surface area contributed by atoms with Crippen LogP contribution in [0.3, 0.4) is 0 Å². The van der Waals surface area contributed by atoms with Gasteiger partial charge in [-0.05, 0) is 111 Å². The second-order valence-electron chi connectivity index (χ2n) is 21.3. The summed E-state index contributed by atoms with van der Waals surface area (Å²) in [6, 6.07) is 14.3. The molecule has 1 aromatic heterocycles. The van der Waals surface area contributed by atoms with Gasteiger partial charge in [0.25, 0.3) is 0 Å². The average molecular weight is 1010 g/mol. The molecule has 4 aromatic rings. The number of fused-ring (bicyclic) bond motifs is 4. The van der Waals surface area contributed by atoms with Gasteiger partial charge in [-0.3, -0.25) is 48.6 Å². The number of carbonyl (C=O) groups is 5. The van der Waals surface area contributed by atoms with E-state index >= 15 is 4.39 Å². The Kier molecular flexibility index (Phi) is 12.8. The van der Waals surface area contributed by atoms with Crippen LogP contribution >= 0.6 is 23.2 Å². The number of nitrogens with zero attached hydrogens (tertiary/aromatic N) is 5. The molecule has 18 heteroatoms. The van der Waals surface area contributed by atoms with Gasteiger partial charge in [0, 0.05) is 99.1 Å². The van der Waals surface area contributed by atoms with Crippen molar-refractivity contribution < 1.29 is 28.4 Å². The Labute approximate surface area is 422 Å². The van der Waals surface area contributed by atoms with Gasteiger partial charge in [-0.2, -0.15) is 0 Å². The molecule has 376 valence electrons. The lowest BCUT2D eigenvalue weighted by atomic mass is 9.55. The van der Waals surface area contributed by atoms with E-state index in [2.05, 4.69) is 31.1 Å². The number of halogens is 3. The molecule has 11 rings (SSSR count). The first-order chi connectivity index (χ1) is 34.3. The fourth-order valence-corrected chi connectivity index (χ4v) is 14.3. The van der Waals surface area contributed by atoms with E-state index in [1.807, 2.05) is 29.2 Å². The molecule has 6 fully saturated rings. The van der Waals surface area contributed by atoms with E-state index in [1.54, 1.807) is 35.9 Å². The number of piperazine rings is 1. The maximum absolute atomic E-state index is 16.4. The molecule has 4 saturated heterocycles. The van der Waals surface area contributed by atoms with E-state index in [-0.39, 0.29) is 58.3 Å². The van der Waals surface area contributed by atoms with Gasteiger partial charge in [-0.1, -0.05) is 60.7 Å². The van der Waals surface area contributed by atoms with Crippen molar-refractivity contribution in [1.29, 1.82) is 0 Å². The number of imidazole rings is 1. The standard InChI is InChI=1S/C53H62Cl2FN9O6/c1-61-42-29-35(13-15-40(42)65(51(61)71)41-16-17-43(66)59-47(41)67)63-26-24-62(25-27-63)30-31-18-22-64(23-19-31)49(69)32-8-11-34(12-9-32)57-48(68)46-44(36-6-5-7-38(55)45(36)56)53(52(60-46)20-3-2-4-21-52)37-14-10-33(54)28-39(37)58-50(53)70/h5-7,10,13-15,28-29,31-32,34,41,44,46,60H,2-4,8-9,11-12,16-27,30H2,1H3,(H,57,68)(H,58,70)(H,59,66,67)/t32?,34?,41?,44-,46+,53+/m0/s1. The van der Waals surface area contributed by atoms with Crippen molar-refractivity contribution in [2.75, 3.05) is 56.0 Å². The van der Waals surface area contributed by atoms with E-state index < -0.39 is 40.7 Å². The van der Waals surface area contributed by atoms with Gasteiger partial charge < -0.3 is 20.4 Å². The molecule has 2 spiro atoms. The number of carbonyl (C=O) groups excluding carboxylic acids is 5. The van der Waals surface area contributed by atoms with Gasteiger partial charge in [0.05, 0.1) is 22.1 Å². The Bertz CT molecular complexity index is 2860. The summed E-state index contributed by atoms with van der Waals surface area (Å²) in [6.07, 6.45) is 9.03. The molecule has 6 heterocycles. The number of piperidine rings is 2. The van der Waals surface area contributed by atoms with E-state index in [0.717, 1.165) is 89.1 Å². The van der Waals surface area contributed by atoms with Gasteiger partial charge in [0.15, 0.2) is 0 Å². The molecule has 4 N–H and O–H groups in total. The summed E-state index contributed by atoms with van der Waals surface area (Å²) < 4.78 is 19.5. The lowest BCUT2D eigenvalue weighted by Gasteiger charge is -2.47. The highest BCUT2D eigenvalue weighted by Gasteiger charge is 2.72. The zero-order valence-electron chi connectivity index (χ0n) is 40.1. The molecule has 71 heavy (non-hydrogen) atoms. The number of hydrogen-bond donors (Lipinski definition) is 4. The summed E-state index contributed by atoms with van der Waals surface area (Å²) in [6.45, 7) is 5.95. The van der Waals surface area contributed by atoms with Crippen molar-refractivity contribution in [3.8, 4) is 0 Å². The Morgan fingerprint density at radius 3 is 2.30 bits per heavy atom. The predicted molar refractivity (Wildman–Crippen MR) is 269 cm³/mol. The number of imide groups is 1. The average Bonchev–Trinajstić information content (AvgIpc) is 3.92. The van der Waals surface area contributed by atoms with Gasteiger partial charge in [-0.15, -0.1) is 0 Å². The van der Waals surface area contributed by atoms with Crippen molar-refractivity contribution in [2.24, 2.45) is 18.9 Å². The second-order valence-corrected chi connectivity index (χ2v) is 22.1. The first kappa shape index (κ1) is 48.0. The Balaban J connectivity index is 0.687. The fraction of sp³-hybridized carbons (Fsp3) is 0.547. The number of likely N-dealkylation sites (tertiary alicyclic amines) is 1. The van der Waals surface area contributed by atoms with Gasteiger partial charge in [0.2, 0.25) is 29.5 Å². The third-order valence-electron chi connectivity index (χ3n) is 17.5. The molecule has 7 aliphatic rings. The summed E-state index contributed by atoms with van der Waals surface area (Å²) >= 11 is 12.9. The van der Waals surface area contributed by atoms with E-state index in [9.17, 15) is 28.8 Å². The van der Waals surface area contributed by atoms with Crippen LogP contribution in [0.2, 0.25) is 10.0 Å². The molecule has 3 aromatic carbocycles. The number of benzene rings is 3. The quantitative estimate of drug-likeness (QED) is 0.151. The van der Waals surface area contributed by atoms with Crippen LogP contribution in [0, 0.1) is 17.7 Å². The van der Waals surface area contributed by atoms with Crippen LogP contribution in [0.1, 0.15) is 107 Å². The minimum Gasteiger partial charge on any atom is -0.369 e. The van der Waals surface area contributed by atoms with Crippen molar-refractivity contribution in [3.05, 3.63) is 92.1 Å². The summed E-state index contributed by atoms with van der Waals surface area (Å²) in [7, 11) is 1.72. The number of aromatic nitrogens is 2. The van der Waals surface area contributed by atoms with Crippen LogP contribution in [0.15, 0.2) is 59.4 Å². The van der Waals surface area contributed by atoms with Gasteiger partial charge in [-0.25, -0.2) is 9.18 Å². The SMILES string of the molecule is Cn1c(=O)n(C2CCC(=O)NC2=O)c2ccc(N3CCN(CC4CCN(C(=O)C5CCC(NC(=O)[C@@H]6NC7(CCCCC7)[C@@]7(C(=O)Nc8cc(Cl)ccc87)[C@H]6c6cccc(Cl)c6F)CC5)CC4)CC3)cc21. The number of nitrogens with one attached hydrogen (secondary N) is 4. The zero-order valence-corrected chi connectivity index (χ0v) is 41.6. The molecule has 2 aliphatic carbocycles. The summed E-state index contributed by atoms with van der Waals surface area (Å²) in [5.41, 5.74) is 1.59. The number of aryl methyl sites for hydroxylation is 1. The van der Waals surface area contributed by atoms with Crippen LogP contribution in [-0.2, 0) is 36.4 Å². The van der Waals surface area contributed by atoms with Gasteiger partial charge in [0.1, 0.15) is 17.3 Å². The molecular weight excluding hydrogens is 949 g/mol. The monoisotopic (exact) mass is 1010 g/mol. The first-order valence-corrected chi connectivity index (χ1v) is 26.5. The van der Waals surface area contributed by atoms with Crippen molar-refractivity contribution >= 4 is 75.1 Å². The van der Waals surface area contributed by atoms with Crippen LogP contribution in [0.25, 0.3) is 11.0 Å². The normalized spacial score (nSPS) is 28.1. The molecule has 5 amide bonds. The lowest BCUT2D eigenvalue weighted by molar-refractivity contribution is -0.138. The molecule has 0 bridgehead atoms. The van der Waals surface area contributed by atoms with E-state index in [4.69, 9.17) is 23.2 Å².